The first-order valence-electron chi connectivity index (χ1n) is 11.8. The van der Waals surface area contributed by atoms with E-state index in [1.54, 1.807) is 29.2 Å². The number of nitrogens with one attached hydrogen (secondary N) is 1. The highest BCUT2D eigenvalue weighted by molar-refractivity contribution is 6.31. The van der Waals surface area contributed by atoms with Gasteiger partial charge in [0.15, 0.2) is 6.61 Å². The Morgan fingerprint density at radius 3 is 2.25 bits per heavy atom. The minimum absolute atomic E-state index is 0.163. The van der Waals surface area contributed by atoms with E-state index in [-0.39, 0.29) is 25.0 Å². The topological polar surface area (TPSA) is 58.6 Å². The molecule has 0 bridgehead atoms. The Bertz CT molecular complexity index is 1190. The number of nitrogens with zero attached hydrogens (tertiary/aromatic N) is 1. The number of hydrogen-bond donors (Lipinski definition) is 1. The summed E-state index contributed by atoms with van der Waals surface area (Å²) in [6.45, 7) is 7.54. The van der Waals surface area contributed by atoms with Gasteiger partial charge in [0.1, 0.15) is 11.8 Å². The van der Waals surface area contributed by atoms with E-state index in [1.807, 2.05) is 76.2 Å². The molecule has 190 valence electrons. The van der Waals surface area contributed by atoms with Crippen molar-refractivity contribution in [3.8, 4) is 5.75 Å². The molecule has 3 rings (SSSR count). The van der Waals surface area contributed by atoms with Gasteiger partial charge in [0, 0.05) is 28.5 Å². The summed E-state index contributed by atoms with van der Waals surface area (Å²) in [5.74, 6) is -0.0386. The number of amides is 2. The first-order chi connectivity index (χ1) is 17.0. The minimum atomic E-state index is -0.772. The van der Waals surface area contributed by atoms with Crippen LogP contribution in [0, 0.1) is 6.92 Å². The average molecular weight is 527 g/mol. The summed E-state index contributed by atoms with van der Waals surface area (Å²) in [5.41, 5.74) is 2.07. The molecule has 0 radical (unpaired) electrons. The van der Waals surface area contributed by atoms with Gasteiger partial charge in [-0.15, -0.1) is 0 Å². The second kappa shape index (κ2) is 12.3. The molecule has 1 N–H and O–H groups in total. The van der Waals surface area contributed by atoms with Crippen LogP contribution in [0.15, 0.2) is 72.8 Å². The van der Waals surface area contributed by atoms with E-state index in [1.165, 1.54) is 0 Å². The number of carbonyl (C=O) groups is 2. The van der Waals surface area contributed by atoms with Gasteiger partial charge in [0.2, 0.25) is 5.91 Å². The molecule has 3 aromatic rings. The lowest BCUT2D eigenvalue weighted by atomic mass is 10.0. The molecule has 0 spiro atoms. The van der Waals surface area contributed by atoms with Gasteiger partial charge in [0.25, 0.3) is 5.91 Å². The molecular formula is C29H32Cl2N2O3. The van der Waals surface area contributed by atoms with E-state index < -0.39 is 11.6 Å². The minimum Gasteiger partial charge on any atom is -0.484 e. The average Bonchev–Trinajstić information content (AvgIpc) is 2.82. The van der Waals surface area contributed by atoms with Crippen LogP contribution in [-0.4, -0.2) is 34.9 Å². The van der Waals surface area contributed by atoms with Crippen molar-refractivity contribution in [1.82, 2.24) is 10.2 Å². The Morgan fingerprint density at radius 2 is 1.61 bits per heavy atom. The van der Waals surface area contributed by atoms with Crippen LogP contribution < -0.4 is 10.1 Å². The molecule has 0 saturated carbocycles. The zero-order valence-electron chi connectivity index (χ0n) is 21.1. The van der Waals surface area contributed by atoms with Crippen LogP contribution in [0.3, 0.4) is 0 Å². The molecule has 3 aromatic carbocycles. The molecule has 0 aliphatic rings. The Labute approximate surface area is 223 Å². The van der Waals surface area contributed by atoms with E-state index in [0.29, 0.717) is 22.2 Å². The van der Waals surface area contributed by atoms with Crippen molar-refractivity contribution in [2.24, 2.45) is 0 Å². The van der Waals surface area contributed by atoms with Crippen LogP contribution in [0.1, 0.15) is 37.5 Å². The smallest absolute Gasteiger partial charge is 0.261 e. The Hall–Kier alpha value is -3.02. The van der Waals surface area contributed by atoms with Crippen molar-refractivity contribution in [2.75, 3.05) is 6.61 Å². The van der Waals surface area contributed by atoms with E-state index in [2.05, 4.69) is 5.32 Å². The van der Waals surface area contributed by atoms with Gasteiger partial charge < -0.3 is 15.0 Å². The maximum absolute atomic E-state index is 13.6. The summed E-state index contributed by atoms with van der Waals surface area (Å²) in [4.78, 5) is 28.7. The Kier molecular flexibility index (Phi) is 9.41. The summed E-state index contributed by atoms with van der Waals surface area (Å²) < 4.78 is 5.82. The van der Waals surface area contributed by atoms with Crippen LogP contribution in [0.4, 0.5) is 0 Å². The van der Waals surface area contributed by atoms with Crippen LogP contribution >= 0.6 is 23.2 Å². The molecule has 36 heavy (non-hydrogen) atoms. The summed E-state index contributed by atoms with van der Waals surface area (Å²) >= 11 is 12.6. The van der Waals surface area contributed by atoms with Crippen molar-refractivity contribution in [1.29, 1.82) is 0 Å². The number of carbonyl (C=O) groups excluding carboxylic acids is 2. The van der Waals surface area contributed by atoms with Crippen LogP contribution in [-0.2, 0) is 22.6 Å². The van der Waals surface area contributed by atoms with Gasteiger partial charge in [-0.1, -0.05) is 71.7 Å². The second-order valence-electron chi connectivity index (χ2n) is 9.76. The fraction of sp³-hybridized carbons (Fsp3) is 0.310. The van der Waals surface area contributed by atoms with E-state index in [0.717, 1.165) is 16.7 Å². The highest BCUT2D eigenvalue weighted by Gasteiger charge is 2.32. The summed E-state index contributed by atoms with van der Waals surface area (Å²) in [6.07, 6.45) is 0.346. The lowest BCUT2D eigenvalue weighted by Gasteiger charge is -2.34. The zero-order valence-corrected chi connectivity index (χ0v) is 22.6. The lowest BCUT2D eigenvalue weighted by Crippen LogP contribution is -2.55. The van der Waals surface area contributed by atoms with E-state index in [4.69, 9.17) is 27.9 Å². The molecule has 2 amide bonds. The highest BCUT2D eigenvalue weighted by atomic mass is 35.5. The molecule has 0 aliphatic heterocycles. The molecule has 0 heterocycles. The highest BCUT2D eigenvalue weighted by Crippen LogP contribution is 2.23. The molecule has 7 heteroatoms. The van der Waals surface area contributed by atoms with E-state index in [9.17, 15) is 9.59 Å². The third-order valence-electron chi connectivity index (χ3n) is 5.56. The normalized spacial score (nSPS) is 12.1. The van der Waals surface area contributed by atoms with Crippen molar-refractivity contribution in [3.63, 3.8) is 0 Å². The van der Waals surface area contributed by atoms with Crippen LogP contribution in [0.25, 0.3) is 0 Å². The lowest BCUT2D eigenvalue weighted by molar-refractivity contribution is -0.143. The molecule has 0 saturated heterocycles. The SMILES string of the molecule is Cc1cc(OCC(=O)N(Cc2ccccc2Cl)C(Cc2ccccc2)C(=O)NC(C)(C)C)ccc1Cl. The zero-order chi connectivity index (χ0) is 26.3. The van der Waals surface area contributed by atoms with Gasteiger partial charge in [-0.3, -0.25) is 9.59 Å². The molecule has 0 aliphatic carbocycles. The first kappa shape index (κ1) is 27.6. The molecular weight excluding hydrogens is 495 g/mol. The predicted octanol–water partition coefficient (Wildman–Crippen LogP) is 6.24. The molecule has 1 unspecified atom stereocenters. The number of ether oxygens (including phenoxy) is 1. The van der Waals surface area contributed by atoms with Crippen molar-refractivity contribution in [2.45, 2.75) is 52.2 Å². The molecule has 0 fully saturated rings. The van der Waals surface area contributed by atoms with Gasteiger partial charge in [-0.25, -0.2) is 0 Å². The fourth-order valence-electron chi connectivity index (χ4n) is 3.75. The Balaban J connectivity index is 1.94. The summed E-state index contributed by atoms with van der Waals surface area (Å²) in [7, 11) is 0. The number of halogens is 2. The fourth-order valence-corrected chi connectivity index (χ4v) is 4.07. The van der Waals surface area contributed by atoms with Crippen molar-refractivity contribution in [3.05, 3.63) is 99.5 Å². The third-order valence-corrected chi connectivity index (χ3v) is 6.35. The van der Waals surface area contributed by atoms with Gasteiger partial charge in [-0.05, 0) is 68.7 Å². The van der Waals surface area contributed by atoms with Gasteiger partial charge in [0.05, 0.1) is 0 Å². The summed E-state index contributed by atoms with van der Waals surface area (Å²) in [5, 5.41) is 4.19. The predicted molar refractivity (Wildman–Crippen MR) is 146 cm³/mol. The van der Waals surface area contributed by atoms with Gasteiger partial charge in [-0.2, -0.15) is 0 Å². The monoisotopic (exact) mass is 526 g/mol. The number of aryl methyl sites for hydroxylation is 1. The van der Waals surface area contributed by atoms with Crippen molar-refractivity contribution >= 4 is 35.0 Å². The Morgan fingerprint density at radius 1 is 0.944 bits per heavy atom. The maximum atomic E-state index is 13.6. The third kappa shape index (κ3) is 8.00. The summed E-state index contributed by atoms with van der Waals surface area (Å²) in [6, 6.07) is 21.4. The standard InChI is InChI=1S/C29H32Cl2N2O3/c1-20-16-23(14-15-24(20)30)36-19-27(34)33(18-22-12-8-9-13-25(22)31)26(28(35)32-29(2,3)4)17-21-10-6-5-7-11-21/h5-16,26H,17-19H2,1-4H3,(H,32,35). The second-order valence-corrected chi connectivity index (χ2v) is 10.6. The van der Waals surface area contributed by atoms with E-state index >= 15 is 0 Å². The maximum Gasteiger partial charge on any atom is 0.261 e. The largest absolute Gasteiger partial charge is 0.484 e. The molecule has 5 nitrogen and oxygen atoms in total. The number of benzene rings is 3. The van der Waals surface area contributed by atoms with Crippen molar-refractivity contribution < 1.29 is 14.3 Å². The van der Waals surface area contributed by atoms with Crippen LogP contribution in [0.2, 0.25) is 10.0 Å². The molecule has 0 aromatic heterocycles. The number of hydrogen-bond acceptors (Lipinski definition) is 3. The first-order valence-corrected chi connectivity index (χ1v) is 12.6. The quantitative estimate of drug-likeness (QED) is 0.359. The molecule has 1 atom stereocenters. The van der Waals surface area contributed by atoms with Crippen LogP contribution in [0.5, 0.6) is 5.75 Å². The number of rotatable bonds is 9. The van der Waals surface area contributed by atoms with Gasteiger partial charge >= 0.3 is 0 Å².